The van der Waals surface area contributed by atoms with Gasteiger partial charge in [-0.15, -0.1) is 0 Å². The summed E-state index contributed by atoms with van der Waals surface area (Å²) < 4.78 is 5.39. The number of rotatable bonds is 2. The number of carbonyl (C=O) groups is 1. The number of esters is 1. The van der Waals surface area contributed by atoms with Gasteiger partial charge in [0.25, 0.3) is 0 Å². The second-order valence-corrected chi connectivity index (χ2v) is 4.83. The van der Waals surface area contributed by atoms with Crippen molar-refractivity contribution in [3.63, 3.8) is 0 Å². The zero-order valence-corrected chi connectivity index (χ0v) is 11.5. The van der Waals surface area contributed by atoms with Crippen LogP contribution in [0.4, 0.5) is 0 Å². The van der Waals surface area contributed by atoms with Gasteiger partial charge in [0, 0.05) is 28.7 Å². The van der Waals surface area contributed by atoms with Crippen LogP contribution in [0.5, 0.6) is 5.75 Å². The van der Waals surface area contributed by atoms with Gasteiger partial charge in [0.2, 0.25) is 0 Å². The van der Waals surface area contributed by atoms with E-state index in [1.54, 1.807) is 30.6 Å². The number of hydrogen-bond acceptors (Lipinski definition) is 4. The first-order chi connectivity index (χ1) is 10.8. The number of ether oxygens (including phenoxy) is 1. The lowest BCUT2D eigenvalue weighted by atomic mass is 10.1. The van der Waals surface area contributed by atoms with Gasteiger partial charge >= 0.3 is 5.97 Å². The highest BCUT2D eigenvalue weighted by atomic mass is 16.5. The highest BCUT2D eigenvalue weighted by molar-refractivity contribution is 6.16. The molecule has 22 heavy (non-hydrogen) atoms. The van der Waals surface area contributed by atoms with Crippen molar-refractivity contribution < 1.29 is 9.53 Å². The SMILES string of the molecule is O=C(Oc1cccnc1)c1cccc2[nH]c3ncccc3c12. The molecular weight excluding hydrogens is 278 g/mol. The number of pyridine rings is 2. The van der Waals surface area contributed by atoms with Gasteiger partial charge in [0.05, 0.1) is 11.8 Å². The third-order valence-corrected chi connectivity index (χ3v) is 3.46. The largest absolute Gasteiger partial charge is 0.421 e. The van der Waals surface area contributed by atoms with Gasteiger partial charge in [-0.3, -0.25) is 4.98 Å². The van der Waals surface area contributed by atoms with E-state index in [0.29, 0.717) is 11.3 Å². The molecule has 1 aromatic carbocycles. The Kier molecular flexibility index (Phi) is 2.83. The summed E-state index contributed by atoms with van der Waals surface area (Å²) in [4.78, 5) is 23.9. The Morgan fingerprint density at radius 2 is 1.95 bits per heavy atom. The van der Waals surface area contributed by atoms with Crippen molar-refractivity contribution in [3.8, 4) is 5.75 Å². The third kappa shape index (κ3) is 2.00. The van der Waals surface area contributed by atoms with E-state index in [0.717, 1.165) is 21.9 Å². The van der Waals surface area contributed by atoms with Crippen molar-refractivity contribution in [1.29, 1.82) is 0 Å². The lowest BCUT2D eigenvalue weighted by Gasteiger charge is -2.05. The summed E-state index contributed by atoms with van der Waals surface area (Å²) in [5.74, 6) is 0.00539. The maximum absolute atomic E-state index is 12.5. The highest BCUT2D eigenvalue weighted by Gasteiger charge is 2.16. The van der Waals surface area contributed by atoms with Crippen molar-refractivity contribution in [2.24, 2.45) is 0 Å². The molecular formula is C17H11N3O2. The van der Waals surface area contributed by atoms with Gasteiger partial charge < -0.3 is 9.72 Å². The Hall–Kier alpha value is -3.21. The summed E-state index contributed by atoms with van der Waals surface area (Å²) in [5, 5.41) is 1.72. The molecule has 3 aromatic heterocycles. The minimum atomic E-state index is -0.414. The quantitative estimate of drug-likeness (QED) is 0.575. The van der Waals surface area contributed by atoms with E-state index in [2.05, 4.69) is 15.0 Å². The average molecular weight is 289 g/mol. The highest BCUT2D eigenvalue weighted by Crippen LogP contribution is 2.27. The second kappa shape index (κ2) is 4.96. The summed E-state index contributed by atoms with van der Waals surface area (Å²) in [7, 11) is 0. The van der Waals surface area contributed by atoms with Crippen LogP contribution in [-0.2, 0) is 0 Å². The molecule has 4 rings (SSSR count). The van der Waals surface area contributed by atoms with Crippen LogP contribution >= 0.6 is 0 Å². The number of nitrogens with one attached hydrogen (secondary N) is 1. The van der Waals surface area contributed by atoms with Crippen molar-refractivity contribution in [1.82, 2.24) is 15.0 Å². The molecule has 0 aliphatic carbocycles. The molecule has 0 saturated heterocycles. The Morgan fingerprint density at radius 3 is 2.82 bits per heavy atom. The van der Waals surface area contributed by atoms with Crippen molar-refractivity contribution >= 4 is 27.9 Å². The Balaban J connectivity index is 1.86. The normalized spacial score (nSPS) is 10.9. The first kappa shape index (κ1) is 12.5. The van der Waals surface area contributed by atoms with E-state index in [9.17, 15) is 4.79 Å². The van der Waals surface area contributed by atoms with Gasteiger partial charge in [-0.2, -0.15) is 0 Å². The van der Waals surface area contributed by atoms with E-state index < -0.39 is 5.97 Å². The number of fused-ring (bicyclic) bond motifs is 3. The van der Waals surface area contributed by atoms with Crippen molar-refractivity contribution in [2.75, 3.05) is 0 Å². The topological polar surface area (TPSA) is 67.9 Å². The molecule has 0 radical (unpaired) electrons. The number of nitrogens with zero attached hydrogens (tertiary/aromatic N) is 2. The summed E-state index contributed by atoms with van der Waals surface area (Å²) >= 11 is 0. The fourth-order valence-corrected chi connectivity index (χ4v) is 2.52. The summed E-state index contributed by atoms with van der Waals surface area (Å²) in [6.45, 7) is 0. The van der Waals surface area contributed by atoms with Crippen LogP contribution in [0, 0.1) is 0 Å². The molecule has 3 heterocycles. The Bertz CT molecular complexity index is 977. The number of carbonyl (C=O) groups excluding carboxylic acids is 1. The Labute approximate surface area is 125 Å². The number of H-pyrrole nitrogens is 1. The molecule has 0 atom stereocenters. The zero-order chi connectivity index (χ0) is 14.9. The van der Waals surface area contributed by atoms with Crippen LogP contribution in [0.15, 0.2) is 61.1 Å². The molecule has 0 aliphatic heterocycles. The molecule has 0 bridgehead atoms. The van der Waals surface area contributed by atoms with E-state index in [1.807, 2.05) is 24.3 Å². The summed E-state index contributed by atoms with van der Waals surface area (Å²) in [5.41, 5.74) is 2.11. The van der Waals surface area contributed by atoms with Crippen LogP contribution in [0.2, 0.25) is 0 Å². The number of benzene rings is 1. The molecule has 5 nitrogen and oxygen atoms in total. The van der Waals surface area contributed by atoms with Crippen molar-refractivity contribution in [2.45, 2.75) is 0 Å². The third-order valence-electron chi connectivity index (χ3n) is 3.46. The first-order valence-corrected chi connectivity index (χ1v) is 6.80. The lowest BCUT2D eigenvalue weighted by molar-refractivity contribution is 0.0736. The van der Waals surface area contributed by atoms with Crippen LogP contribution in [-0.4, -0.2) is 20.9 Å². The number of aromatic amines is 1. The molecule has 106 valence electrons. The van der Waals surface area contributed by atoms with Gasteiger partial charge in [-0.05, 0) is 36.4 Å². The van der Waals surface area contributed by atoms with Gasteiger partial charge in [-0.25, -0.2) is 9.78 Å². The maximum atomic E-state index is 12.5. The summed E-state index contributed by atoms with van der Waals surface area (Å²) in [6.07, 6.45) is 4.85. The fourth-order valence-electron chi connectivity index (χ4n) is 2.52. The van der Waals surface area contributed by atoms with E-state index >= 15 is 0 Å². The summed E-state index contributed by atoms with van der Waals surface area (Å²) in [6, 6.07) is 12.7. The van der Waals surface area contributed by atoms with Gasteiger partial charge in [-0.1, -0.05) is 6.07 Å². The molecule has 0 saturated carbocycles. The second-order valence-electron chi connectivity index (χ2n) is 4.83. The molecule has 0 amide bonds. The monoisotopic (exact) mass is 289 g/mol. The van der Waals surface area contributed by atoms with E-state index in [1.165, 1.54) is 6.20 Å². The minimum absolute atomic E-state index is 0.414. The minimum Gasteiger partial charge on any atom is -0.421 e. The van der Waals surface area contributed by atoms with Crippen molar-refractivity contribution in [3.05, 3.63) is 66.6 Å². The molecule has 0 fully saturated rings. The smallest absolute Gasteiger partial charge is 0.344 e. The molecule has 0 aliphatic rings. The van der Waals surface area contributed by atoms with Crippen LogP contribution in [0.3, 0.4) is 0 Å². The standard InChI is InChI=1S/C17H11N3O2/c21-17(22-11-4-2-8-18-10-11)13-5-1-7-14-15(13)12-6-3-9-19-16(12)20-14/h1-10H,(H,19,20). The molecule has 4 aromatic rings. The molecule has 1 N–H and O–H groups in total. The Morgan fingerprint density at radius 1 is 1.05 bits per heavy atom. The molecule has 0 spiro atoms. The van der Waals surface area contributed by atoms with Crippen LogP contribution in [0.25, 0.3) is 21.9 Å². The van der Waals surface area contributed by atoms with E-state index in [4.69, 9.17) is 4.74 Å². The number of hydrogen-bond donors (Lipinski definition) is 1. The zero-order valence-electron chi connectivity index (χ0n) is 11.5. The molecule has 5 heteroatoms. The number of aromatic nitrogens is 3. The van der Waals surface area contributed by atoms with Crippen LogP contribution < -0.4 is 4.74 Å². The fraction of sp³-hybridized carbons (Fsp3) is 0. The predicted molar refractivity (Wildman–Crippen MR) is 82.8 cm³/mol. The van der Waals surface area contributed by atoms with Gasteiger partial charge in [0.15, 0.2) is 0 Å². The molecule has 0 unspecified atom stereocenters. The van der Waals surface area contributed by atoms with Gasteiger partial charge in [0.1, 0.15) is 11.4 Å². The van der Waals surface area contributed by atoms with Crippen LogP contribution in [0.1, 0.15) is 10.4 Å². The lowest BCUT2D eigenvalue weighted by Crippen LogP contribution is -2.08. The van der Waals surface area contributed by atoms with E-state index in [-0.39, 0.29) is 0 Å². The average Bonchev–Trinajstić information content (AvgIpc) is 2.94. The predicted octanol–water partition coefficient (Wildman–Crippen LogP) is 3.33. The maximum Gasteiger partial charge on any atom is 0.344 e. The first-order valence-electron chi connectivity index (χ1n) is 6.80.